The zero-order valence-electron chi connectivity index (χ0n) is 9.81. The zero-order chi connectivity index (χ0) is 11.5. The second-order valence-electron chi connectivity index (χ2n) is 4.48. The highest BCUT2D eigenvalue weighted by molar-refractivity contribution is 5.80. The van der Waals surface area contributed by atoms with Crippen LogP contribution in [0.4, 0.5) is 5.82 Å². The largest absolute Gasteiger partial charge is 0.356 e. The topological polar surface area (TPSA) is 46.1 Å². The average molecular weight is 219 g/mol. The van der Waals surface area contributed by atoms with E-state index in [-0.39, 0.29) is 0 Å². The van der Waals surface area contributed by atoms with Crippen LogP contribution in [0.2, 0.25) is 0 Å². The summed E-state index contributed by atoms with van der Waals surface area (Å²) < 4.78 is 0. The number of piperidine rings is 1. The Bertz CT molecular complexity index is 380. The molecule has 0 radical (unpaired) electrons. The molecule has 0 amide bonds. The van der Waals surface area contributed by atoms with Gasteiger partial charge in [-0.15, -0.1) is 0 Å². The predicted octanol–water partition coefficient (Wildman–Crippen LogP) is 1.77. The number of carbonyl (C=O) groups is 1. The van der Waals surface area contributed by atoms with Crippen LogP contribution in [0.3, 0.4) is 0 Å². The van der Waals surface area contributed by atoms with E-state index in [4.69, 9.17) is 0 Å². The second-order valence-corrected chi connectivity index (χ2v) is 4.48. The number of carbonyl (C=O) groups excluding carboxylic acids is 1. The van der Waals surface area contributed by atoms with E-state index in [1.807, 2.05) is 6.07 Å². The molecular weight excluding hydrogens is 202 g/mol. The smallest absolute Gasteiger partial charge is 0.136 e. The van der Waals surface area contributed by atoms with E-state index in [0.717, 1.165) is 24.6 Å². The Labute approximate surface area is 95.7 Å². The molecule has 0 spiro atoms. The van der Waals surface area contributed by atoms with Crippen LogP contribution in [0.25, 0.3) is 0 Å². The number of nitrogens with zero attached hydrogens (tertiary/aromatic N) is 3. The van der Waals surface area contributed by atoms with Crippen LogP contribution in [-0.4, -0.2) is 28.8 Å². The first-order valence-corrected chi connectivity index (χ1v) is 5.75. The molecule has 1 fully saturated rings. The van der Waals surface area contributed by atoms with Crippen LogP contribution in [0.15, 0.2) is 12.4 Å². The molecular formula is C12H17N3O. The third kappa shape index (κ3) is 2.38. The first kappa shape index (κ1) is 11.0. The Morgan fingerprint density at radius 1 is 1.25 bits per heavy atom. The summed E-state index contributed by atoms with van der Waals surface area (Å²) in [7, 11) is 0. The molecule has 0 N–H and O–H groups in total. The minimum atomic E-state index is 0.356. The lowest BCUT2D eigenvalue weighted by Gasteiger charge is -2.27. The first-order chi connectivity index (χ1) is 7.66. The lowest BCUT2D eigenvalue weighted by atomic mass is 10.1. The summed E-state index contributed by atoms with van der Waals surface area (Å²) in [6, 6.07) is 2.03. The highest BCUT2D eigenvalue weighted by Crippen LogP contribution is 2.19. The predicted molar refractivity (Wildman–Crippen MR) is 62.6 cm³/mol. The summed E-state index contributed by atoms with van der Waals surface area (Å²) in [5, 5.41) is 0. The van der Waals surface area contributed by atoms with Crippen molar-refractivity contribution < 1.29 is 4.79 Å². The summed E-state index contributed by atoms with van der Waals surface area (Å²) >= 11 is 0. The number of rotatable bonds is 2. The van der Waals surface area contributed by atoms with Gasteiger partial charge >= 0.3 is 0 Å². The molecule has 1 saturated heterocycles. The van der Waals surface area contributed by atoms with E-state index in [2.05, 4.69) is 28.7 Å². The molecule has 0 unspecified atom stereocenters. The van der Waals surface area contributed by atoms with Gasteiger partial charge in [-0.05, 0) is 5.92 Å². The molecule has 1 aromatic rings. The van der Waals surface area contributed by atoms with Crippen LogP contribution in [0, 0.1) is 0 Å². The normalized spacial score (nSPS) is 16.9. The SMILES string of the molecule is CC(C)c1cc(N2CCC(=O)CC2)ncn1. The molecule has 0 bridgehead atoms. The Morgan fingerprint density at radius 2 is 1.94 bits per heavy atom. The average Bonchev–Trinajstić information content (AvgIpc) is 2.30. The van der Waals surface area contributed by atoms with Crippen molar-refractivity contribution >= 4 is 11.6 Å². The lowest BCUT2D eigenvalue weighted by molar-refractivity contribution is -0.119. The molecule has 4 nitrogen and oxygen atoms in total. The van der Waals surface area contributed by atoms with E-state index in [1.165, 1.54) is 0 Å². The summed E-state index contributed by atoms with van der Waals surface area (Å²) in [6.07, 6.45) is 2.89. The Balaban J connectivity index is 2.14. The second kappa shape index (κ2) is 4.60. The van der Waals surface area contributed by atoms with Gasteiger partial charge in [-0.25, -0.2) is 9.97 Å². The first-order valence-electron chi connectivity index (χ1n) is 5.75. The van der Waals surface area contributed by atoms with Crippen molar-refractivity contribution in [1.82, 2.24) is 9.97 Å². The zero-order valence-corrected chi connectivity index (χ0v) is 9.81. The van der Waals surface area contributed by atoms with E-state index in [1.54, 1.807) is 6.33 Å². The molecule has 0 aromatic carbocycles. The van der Waals surface area contributed by atoms with Crippen molar-refractivity contribution in [3.63, 3.8) is 0 Å². The van der Waals surface area contributed by atoms with E-state index < -0.39 is 0 Å². The summed E-state index contributed by atoms with van der Waals surface area (Å²) in [5.74, 6) is 1.72. The standard InChI is InChI=1S/C12H17N3O/c1-9(2)11-7-12(14-8-13-11)15-5-3-10(16)4-6-15/h7-9H,3-6H2,1-2H3. The monoisotopic (exact) mass is 219 g/mol. The van der Waals surface area contributed by atoms with Gasteiger partial charge in [0, 0.05) is 37.7 Å². The van der Waals surface area contributed by atoms with Crippen molar-refractivity contribution in [2.75, 3.05) is 18.0 Å². The molecule has 16 heavy (non-hydrogen) atoms. The van der Waals surface area contributed by atoms with E-state index >= 15 is 0 Å². The minimum absolute atomic E-state index is 0.356. The van der Waals surface area contributed by atoms with Crippen molar-refractivity contribution in [2.24, 2.45) is 0 Å². The summed E-state index contributed by atoms with van der Waals surface area (Å²) in [6.45, 7) is 5.80. The number of ketones is 1. The molecule has 0 aliphatic carbocycles. The van der Waals surface area contributed by atoms with Crippen LogP contribution < -0.4 is 4.90 Å². The van der Waals surface area contributed by atoms with Crippen LogP contribution >= 0.6 is 0 Å². The maximum Gasteiger partial charge on any atom is 0.136 e. The van der Waals surface area contributed by atoms with Crippen molar-refractivity contribution in [3.8, 4) is 0 Å². The fourth-order valence-electron chi connectivity index (χ4n) is 1.84. The maximum atomic E-state index is 11.2. The molecule has 1 aliphatic rings. The number of hydrogen-bond acceptors (Lipinski definition) is 4. The summed E-state index contributed by atoms with van der Waals surface area (Å²) in [4.78, 5) is 21.8. The minimum Gasteiger partial charge on any atom is -0.356 e. The van der Waals surface area contributed by atoms with Crippen LogP contribution in [0.5, 0.6) is 0 Å². The van der Waals surface area contributed by atoms with Crippen LogP contribution in [-0.2, 0) is 4.79 Å². The number of anilines is 1. The van der Waals surface area contributed by atoms with Gasteiger partial charge in [-0.3, -0.25) is 4.79 Å². The maximum absolute atomic E-state index is 11.2. The van der Waals surface area contributed by atoms with Crippen molar-refractivity contribution in [3.05, 3.63) is 18.1 Å². The molecule has 1 aliphatic heterocycles. The van der Waals surface area contributed by atoms with Crippen LogP contribution in [0.1, 0.15) is 38.3 Å². The number of aromatic nitrogens is 2. The lowest BCUT2D eigenvalue weighted by Crippen LogP contribution is -2.34. The number of Topliss-reactive ketones (excluding diaryl/α,β-unsaturated/α-hetero) is 1. The highest BCUT2D eigenvalue weighted by Gasteiger charge is 2.17. The van der Waals surface area contributed by atoms with Gasteiger partial charge < -0.3 is 4.90 Å². The fraction of sp³-hybridized carbons (Fsp3) is 0.583. The Hall–Kier alpha value is -1.45. The van der Waals surface area contributed by atoms with Crippen molar-refractivity contribution in [1.29, 1.82) is 0 Å². The summed E-state index contributed by atoms with van der Waals surface area (Å²) in [5.41, 5.74) is 1.06. The van der Waals surface area contributed by atoms with Gasteiger partial charge in [0.1, 0.15) is 17.9 Å². The van der Waals surface area contributed by atoms with E-state index in [9.17, 15) is 4.79 Å². The van der Waals surface area contributed by atoms with Gasteiger partial charge in [0.05, 0.1) is 0 Å². The molecule has 0 atom stereocenters. The van der Waals surface area contributed by atoms with Gasteiger partial charge in [-0.1, -0.05) is 13.8 Å². The molecule has 86 valence electrons. The molecule has 4 heteroatoms. The quantitative estimate of drug-likeness (QED) is 0.760. The fourth-order valence-corrected chi connectivity index (χ4v) is 1.84. The van der Waals surface area contributed by atoms with Gasteiger partial charge in [0.15, 0.2) is 0 Å². The number of hydrogen-bond donors (Lipinski definition) is 0. The van der Waals surface area contributed by atoms with Gasteiger partial charge in [0.25, 0.3) is 0 Å². The molecule has 1 aromatic heterocycles. The molecule has 0 saturated carbocycles. The van der Waals surface area contributed by atoms with E-state index in [0.29, 0.717) is 24.5 Å². The highest BCUT2D eigenvalue weighted by atomic mass is 16.1. The molecule has 2 heterocycles. The third-order valence-corrected chi connectivity index (χ3v) is 2.91. The van der Waals surface area contributed by atoms with Crippen molar-refractivity contribution in [2.45, 2.75) is 32.6 Å². The van der Waals surface area contributed by atoms with Gasteiger partial charge in [0.2, 0.25) is 0 Å². The third-order valence-electron chi connectivity index (χ3n) is 2.91. The van der Waals surface area contributed by atoms with Gasteiger partial charge in [-0.2, -0.15) is 0 Å². The Kier molecular flexibility index (Phi) is 3.17. The Morgan fingerprint density at radius 3 is 2.56 bits per heavy atom. The molecule has 2 rings (SSSR count).